The number of hydrogen-bond donors (Lipinski definition) is 2. The van der Waals surface area contributed by atoms with E-state index >= 15 is 0 Å². The van der Waals surface area contributed by atoms with E-state index in [1.54, 1.807) is 24.3 Å². The number of halogens is 6. The van der Waals surface area contributed by atoms with E-state index in [0.717, 1.165) is 4.57 Å². The maximum Gasteiger partial charge on any atom is 0.490 e. The first-order valence-corrected chi connectivity index (χ1v) is 6.42. The Bertz CT molecular complexity index is 757. The quantitative estimate of drug-likeness (QED) is 0.800. The van der Waals surface area contributed by atoms with E-state index in [4.69, 9.17) is 26.6 Å². The van der Waals surface area contributed by atoms with Gasteiger partial charge < -0.3 is 14.8 Å². The number of hydrogen-bond acceptors (Lipinski definition) is 2. The summed E-state index contributed by atoms with van der Waals surface area (Å²) in [5.41, 5.74) is 0.262. The molecule has 0 unspecified atom stereocenters. The molecular weight excluding hydrogens is 365 g/mol. The minimum absolute atomic E-state index is 0.136. The SMILES string of the molecule is O=C(O)C(F)(F)F.O=C(O)c1c(Cl)n(CC(F)F)c2ccccc12. The lowest BCUT2D eigenvalue weighted by molar-refractivity contribution is -0.192. The fraction of sp³-hybridized carbons (Fsp3) is 0.231. The average molecular weight is 374 g/mol. The lowest BCUT2D eigenvalue weighted by Gasteiger charge is -2.05. The summed E-state index contributed by atoms with van der Waals surface area (Å²) < 4.78 is 57.7. The summed E-state index contributed by atoms with van der Waals surface area (Å²) in [6, 6.07) is 6.40. The number of carbonyl (C=O) groups is 2. The van der Waals surface area contributed by atoms with E-state index in [1.807, 2.05) is 0 Å². The second-order valence-corrected chi connectivity index (χ2v) is 4.65. The largest absolute Gasteiger partial charge is 0.490 e. The molecule has 2 rings (SSSR count). The van der Waals surface area contributed by atoms with Crippen molar-refractivity contribution in [3.63, 3.8) is 0 Å². The highest BCUT2D eigenvalue weighted by atomic mass is 35.5. The first-order chi connectivity index (χ1) is 11.0. The molecule has 0 amide bonds. The molecule has 1 aromatic carbocycles. The fourth-order valence-electron chi connectivity index (χ4n) is 1.79. The molecule has 0 fully saturated rings. The van der Waals surface area contributed by atoms with Gasteiger partial charge in [-0.25, -0.2) is 18.4 Å². The number of benzene rings is 1. The molecule has 0 aliphatic rings. The van der Waals surface area contributed by atoms with Crippen molar-refractivity contribution >= 4 is 34.4 Å². The van der Waals surface area contributed by atoms with Gasteiger partial charge in [0.25, 0.3) is 6.43 Å². The number of nitrogens with zero attached hydrogens (tertiary/aromatic N) is 1. The maximum atomic E-state index is 12.4. The van der Waals surface area contributed by atoms with Gasteiger partial charge in [0.05, 0.1) is 12.1 Å². The van der Waals surface area contributed by atoms with Crippen LogP contribution in [0.5, 0.6) is 0 Å². The molecule has 132 valence electrons. The van der Waals surface area contributed by atoms with Crippen molar-refractivity contribution in [1.29, 1.82) is 0 Å². The van der Waals surface area contributed by atoms with E-state index in [1.165, 1.54) is 0 Å². The second kappa shape index (κ2) is 7.47. The number of aromatic carboxylic acids is 1. The molecule has 0 radical (unpaired) electrons. The molecular formula is C13H9ClF5NO4. The molecule has 2 aromatic rings. The van der Waals surface area contributed by atoms with Crippen LogP contribution in [0, 0.1) is 0 Å². The zero-order valence-electron chi connectivity index (χ0n) is 11.5. The van der Waals surface area contributed by atoms with Crippen LogP contribution >= 0.6 is 11.6 Å². The summed E-state index contributed by atoms with van der Waals surface area (Å²) in [5, 5.41) is 16.3. The second-order valence-electron chi connectivity index (χ2n) is 4.29. The third-order valence-corrected chi connectivity index (χ3v) is 3.08. The highest BCUT2D eigenvalue weighted by molar-refractivity contribution is 6.35. The van der Waals surface area contributed by atoms with Crippen LogP contribution in [-0.4, -0.2) is 39.3 Å². The highest BCUT2D eigenvalue weighted by Crippen LogP contribution is 2.30. The highest BCUT2D eigenvalue weighted by Gasteiger charge is 2.38. The molecule has 0 bridgehead atoms. The van der Waals surface area contributed by atoms with Crippen molar-refractivity contribution in [2.45, 2.75) is 19.1 Å². The van der Waals surface area contributed by atoms with Gasteiger partial charge in [0, 0.05) is 5.39 Å². The molecule has 11 heteroatoms. The van der Waals surface area contributed by atoms with Crippen LogP contribution in [0.1, 0.15) is 10.4 Å². The number of carboxylic acids is 2. The Morgan fingerprint density at radius 1 is 1.17 bits per heavy atom. The van der Waals surface area contributed by atoms with Gasteiger partial charge in [0.15, 0.2) is 0 Å². The smallest absolute Gasteiger partial charge is 0.478 e. The van der Waals surface area contributed by atoms with Gasteiger partial charge in [0.1, 0.15) is 10.7 Å². The first-order valence-electron chi connectivity index (χ1n) is 6.05. The van der Waals surface area contributed by atoms with Crippen LogP contribution in [0.3, 0.4) is 0 Å². The molecule has 0 atom stereocenters. The van der Waals surface area contributed by atoms with E-state index in [2.05, 4.69) is 0 Å². The topological polar surface area (TPSA) is 79.5 Å². The summed E-state index contributed by atoms with van der Waals surface area (Å²) in [7, 11) is 0. The van der Waals surface area contributed by atoms with Gasteiger partial charge in [-0.15, -0.1) is 0 Å². The van der Waals surface area contributed by atoms with E-state index in [0.29, 0.717) is 10.9 Å². The van der Waals surface area contributed by atoms with Crippen LogP contribution in [0.15, 0.2) is 24.3 Å². The van der Waals surface area contributed by atoms with E-state index in [9.17, 15) is 26.7 Å². The zero-order chi connectivity index (χ0) is 18.7. The molecule has 0 aliphatic carbocycles. The average Bonchev–Trinajstić information content (AvgIpc) is 2.71. The van der Waals surface area contributed by atoms with Crippen molar-refractivity contribution in [2.75, 3.05) is 0 Å². The predicted molar refractivity (Wildman–Crippen MR) is 73.6 cm³/mol. The van der Waals surface area contributed by atoms with E-state index < -0.39 is 31.1 Å². The number of aliphatic carboxylic acids is 1. The number of rotatable bonds is 3. The number of fused-ring (bicyclic) bond motifs is 1. The summed E-state index contributed by atoms with van der Waals surface area (Å²) in [6.07, 6.45) is -7.68. The molecule has 0 aliphatic heterocycles. The van der Waals surface area contributed by atoms with Gasteiger partial charge in [-0.2, -0.15) is 13.2 Å². The Balaban J connectivity index is 0.000000351. The Morgan fingerprint density at radius 2 is 1.67 bits per heavy atom. The lowest BCUT2D eigenvalue weighted by Crippen LogP contribution is -2.21. The molecule has 1 aromatic heterocycles. The standard InChI is InChI=1S/C11H8ClF2NO2.C2HF3O2/c12-10-9(11(16)17)6-3-1-2-4-7(6)15(10)5-8(13)14;3-2(4,5)1(6)7/h1-4,8H,5H2,(H,16,17);(H,6,7). The third kappa shape index (κ3) is 4.57. The zero-order valence-corrected chi connectivity index (χ0v) is 12.3. The van der Waals surface area contributed by atoms with Crippen LogP contribution in [0.2, 0.25) is 5.15 Å². The Hall–Kier alpha value is -2.36. The van der Waals surface area contributed by atoms with Gasteiger partial charge in [0.2, 0.25) is 0 Å². The summed E-state index contributed by atoms with van der Waals surface area (Å²) in [6.45, 7) is -0.618. The molecule has 0 saturated heterocycles. The van der Waals surface area contributed by atoms with Crippen molar-refractivity contribution in [3.8, 4) is 0 Å². The summed E-state index contributed by atoms with van der Waals surface area (Å²) >= 11 is 5.84. The molecule has 0 saturated carbocycles. The Labute approximate surface area is 135 Å². The Kier molecular flexibility index (Phi) is 6.13. The Morgan fingerprint density at radius 3 is 2.08 bits per heavy atom. The number of alkyl halides is 5. The van der Waals surface area contributed by atoms with Gasteiger partial charge in [-0.3, -0.25) is 0 Å². The van der Waals surface area contributed by atoms with Crippen molar-refractivity contribution in [3.05, 3.63) is 35.0 Å². The molecule has 2 N–H and O–H groups in total. The first kappa shape index (κ1) is 19.7. The van der Waals surface area contributed by atoms with Crippen LogP contribution < -0.4 is 0 Å². The van der Waals surface area contributed by atoms with Crippen molar-refractivity contribution in [2.24, 2.45) is 0 Å². The third-order valence-electron chi connectivity index (χ3n) is 2.68. The lowest BCUT2D eigenvalue weighted by atomic mass is 10.2. The fourth-order valence-corrected chi connectivity index (χ4v) is 2.13. The van der Waals surface area contributed by atoms with Gasteiger partial charge in [-0.1, -0.05) is 29.8 Å². The van der Waals surface area contributed by atoms with Crippen LogP contribution in [0.25, 0.3) is 10.9 Å². The number of aromatic nitrogens is 1. The minimum Gasteiger partial charge on any atom is -0.478 e. The summed E-state index contributed by atoms with van der Waals surface area (Å²) in [4.78, 5) is 19.9. The monoisotopic (exact) mass is 373 g/mol. The number of para-hydroxylation sites is 1. The minimum atomic E-state index is -5.08. The molecule has 5 nitrogen and oxygen atoms in total. The maximum absolute atomic E-state index is 12.4. The van der Waals surface area contributed by atoms with Crippen LogP contribution in [0.4, 0.5) is 22.0 Å². The predicted octanol–water partition coefficient (Wildman–Crippen LogP) is 3.89. The molecule has 24 heavy (non-hydrogen) atoms. The van der Waals surface area contributed by atoms with Gasteiger partial charge in [-0.05, 0) is 6.07 Å². The number of carboxylic acid groups (broad SMARTS) is 2. The van der Waals surface area contributed by atoms with E-state index in [-0.39, 0.29) is 10.7 Å². The summed E-state index contributed by atoms with van der Waals surface area (Å²) in [5.74, 6) is -3.98. The molecule has 1 heterocycles. The van der Waals surface area contributed by atoms with Crippen molar-refractivity contribution in [1.82, 2.24) is 4.57 Å². The van der Waals surface area contributed by atoms with Crippen molar-refractivity contribution < 1.29 is 41.8 Å². The molecule has 0 spiro atoms. The van der Waals surface area contributed by atoms with Crippen LogP contribution in [-0.2, 0) is 11.3 Å². The van der Waals surface area contributed by atoms with Gasteiger partial charge >= 0.3 is 18.1 Å². The normalized spacial score (nSPS) is 11.3.